The molecule has 0 saturated carbocycles. The topological polar surface area (TPSA) is 76.7 Å². The van der Waals surface area contributed by atoms with E-state index >= 15 is 0 Å². The molecule has 0 aliphatic carbocycles. The van der Waals surface area contributed by atoms with Gasteiger partial charge in [-0.25, -0.2) is 4.98 Å². The summed E-state index contributed by atoms with van der Waals surface area (Å²) in [4.78, 5) is 19.6. The van der Waals surface area contributed by atoms with Crippen LogP contribution in [0.5, 0.6) is 0 Å². The number of thiophene rings is 1. The maximum absolute atomic E-state index is 12.0. The maximum Gasteiger partial charge on any atom is 0.275 e. The lowest BCUT2D eigenvalue weighted by molar-refractivity contribution is 0.739. The number of nitrogens with one attached hydrogen (secondary N) is 1. The lowest BCUT2D eigenvalue weighted by Crippen LogP contribution is -2.16. The first-order chi connectivity index (χ1) is 9.65. The third-order valence-corrected chi connectivity index (χ3v) is 4.68. The van der Waals surface area contributed by atoms with Crippen LogP contribution in [0.15, 0.2) is 22.6 Å². The fourth-order valence-corrected chi connectivity index (χ4v) is 3.78. The summed E-state index contributed by atoms with van der Waals surface area (Å²) in [6.07, 6.45) is 1.34. The number of halogens is 2. The predicted molar refractivity (Wildman–Crippen MR) is 82.7 cm³/mol. The van der Waals surface area contributed by atoms with Crippen molar-refractivity contribution in [3.05, 3.63) is 38.2 Å². The van der Waals surface area contributed by atoms with E-state index in [2.05, 4.69) is 9.97 Å². The zero-order valence-corrected chi connectivity index (χ0v) is 12.5. The van der Waals surface area contributed by atoms with Crippen molar-refractivity contribution in [2.45, 2.75) is 6.54 Å². The summed E-state index contributed by atoms with van der Waals surface area (Å²) in [5, 5.41) is 2.88. The van der Waals surface area contributed by atoms with Gasteiger partial charge in [0.15, 0.2) is 0 Å². The molecule has 0 fully saturated rings. The molecule has 0 saturated heterocycles. The molecule has 0 atom stereocenters. The number of nitrogens with two attached hydrogens (primary N) is 1. The highest BCUT2D eigenvalue weighted by molar-refractivity contribution is 7.14. The van der Waals surface area contributed by atoms with Gasteiger partial charge in [0.05, 0.1) is 26.9 Å². The van der Waals surface area contributed by atoms with Gasteiger partial charge in [0.1, 0.15) is 11.0 Å². The van der Waals surface area contributed by atoms with Gasteiger partial charge in [0.25, 0.3) is 5.56 Å². The molecule has 5 nitrogen and oxygen atoms in total. The van der Waals surface area contributed by atoms with Crippen molar-refractivity contribution >= 4 is 45.6 Å². The van der Waals surface area contributed by atoms with Crippen LogP contribution in [-0.4, -0.2) is 21.1 Å². The molecule has 0 unspecified atom stereocenters. The number of nitrogens with zero attached hydrogens (tertiary/aromatic N) is 2. The van der Waals surface area contributed by atoms with Gasteiger partial charge in [-0.05, 0) is 11.4 Å². The Labute approximate surface area is 128 Å². The molecule has 0 aromatic carbocycles. The first-order valence-corrected chi connectivity index (χ1v) is 7.47. The third-order valence-electron chi connectivity index (χ3n) is 2.97. The van der Waals surface area contributed by atoms with Crippen LogP contribution in [-0.2, 0) is 6.54 Å². The summed E-state index contributed by atoms with van der Waals surface area (Å²) in [7, 11) is 0. The molecular formula is C12H10Cl2N4OS. The first-order valence-electron chi connectivity index (χ1n) is 5.84. The van der Waals surface area contributed by atoms with Crippen LogP contribution >= 0.6 is 34.5 Å². The van der Waals surface area contributed by atoms with E-state index in [4.69, 9.17) is 28.9 Å². The highest BCUT2D eigenvalue weighted by atomic mass is 35.5. The molecular weight excluding hydrogens is 319 g/mol. The molecule has 0 aliphatic rings. The zero-order valence-electron chi connectivity index (χ0n) is 10.2. The van der Waals surface area contributed by atoms with Gasteiger partial charge in [-0.2, -0.15) is 0 Å². The maximum atomic E-state index is 12.0. The second kappa shape index (κ2) is 5.21. The van der Waals surface area contributed by atoms with Gasteiger partial charge >= 0.3 is 0 Å². The van der Waals surface area contributed by atoms with Crippen LogP contribution in [0.1, 0.15) is 0 Å². The second-order valence-electron chi connectivity index (χ2n) is 4.13. The van der Waals surface area contributed by atoms with Crippen molar-refractivity contribution in [3.8, 4) is 10.6 Å². The van der Waals surface area contributed by atoms with Gasteiger partial charge in [0, 0.05) is 13.1 Å². The molecule has 0 aliphatic heterocycles. The number of rotatable bonds is 3. The van der Waals surface area contributed by atoms with Crippen molar-refractivity contribution in [3.63, 3.8) is 0 Å². The van der Waals surface area contributed by atoms with E-state index in [9.17, 15) is 4.79 Å². The number of hydrogen-bond donors (Lipinski definition) is 2. The number of aromatic amines is 1. The van der Waals surface area contributed by atoms with E-state index < -0.39 is 0 Å². The lowest BCUT2D eigenvalue weighted by Gasteiger charge is -2.08. The number of aromatic nitrogens is 3. The molecule has 0 spiro atoms. The Balaban J connectivity index is 2.45. The fraction of sp³-hybridized carbons (Fsp3) is 0.167. The van der Waals surface area contributed by atoms with Crippen molar-refractivity contribution in [1.82, 2.24) is 14.5 Å². The van der Waals surface area contributed by atoms with Crippen molar-refractivity contribution < 1.29 is 0 Å². The average molecular weight is 329 g/mol. The van der Waals surface area contributed by atoms with E-state index in [1.807, 2.05) is 5.38 Å². The molecule has 3 aromatic heterocycles. The summed E-state index contributed by atoms with van der Waals surface area (Å²) in [6, 6.07) is 1.79. The van der Waals surface area contributed by atoms with Gasteiger partial charge < -0.3 is 15.3 Å². The summed E-state index contributed by atoms with van der Waals surface area (Å²) in [5.41, 5.74) is 6.97. The molecule has 0 bridgehead atoms. The summed E-state index contributed by atoms with van der Waals surface area (Å²) in [6.45, 7) is 0.839. The molecule has 3 N–H and O–H groups in total. The molecule has 3 aromatic rings. The number of hydrogen-bond acceptors (Lipinski definition) is 4. The average Bonchev–Trinajstić information content (AvgIpc) is 2.94. The molecule has 0 amide bonds. The summed E-state index contributed by atoms with van der Waals surface area (Å²) in [5.74, 6) is 0. The van der Waals surface area contributed by atoms with Crippen LogP contribution in [0.2, 0.25) is 10.0 Å². The number of H-pyrrole nitrogens is 1. The van der Waals surface area contributed by atoms with Crippen molar-refractivity contribution in [1.29, 1.82) is 0 Å². The molecule has 3 heterocycles. The predicted octanol–water partition coefficient (Wildman–Crippen LogP) is 2.72. The summed E-state index contributed by atoms with van der Waals surface area (Å²) >= 11 is 14.1. The standard InChI is InChI=1S/C12H10Cl2N4OS/c13-6-1-4-20-11(6)9-7(14)8-10(18(9)3-2-15)12(19)17-5-16-8/h1,4-5H,2-3,15H2,(H,16,17,19). The van der Waals surface area contributed by atoms with E-state index in [1.165, 1.54) is 17.7 Å². The summed E-state index contributed by atoms with van der Waals surface area (Å²) < 4.78 is 1.78. The Hall–Kier alpha value is -1.34. The van der Waals surface area contributed by atoms with Crippen LogP contribution in [0.3, 0.4) is 0 Å². The Bertz CT molecular complexity index is 836. The van der Waals surface area contributed by atoms with Crippen LogP contribution in [0.25, 0.3) is 21.6 Å². The minimum Gasteiger partial charge on any atom is -0.331 e. The monoisotopic (exact) mass is 328 g/mol. The largest absolute Gasteiger partial charge is 0.331 e. The molecule has 8 heteroatoms. The van der Waals surface area contributed by atoms with Crippen molar-refractivity contribution in [2.75, 3.05) is 6.54 Å². The van der Waals surface area contributed by atoms with E-state index in [0.717, 1.165) is 4.88 Å². The van der Waals surface area contributed by atoms with E-state index in [0.29, 0.717) is 39.9 Å². The molecule has 20 heavy (non-hydrogen) atoms. The second-order valence-corrected chi connectivity index (χ2v) is 5.83. The van der Waals surface area contributed by atoms with Gasteiger partial charge in [-0.15, -0.1) is 11.3 Å². The van der Waals surface area contributed by atoms with E-state index in [-0.39, 0.29) is 5.56 Å². The Morgan fingerprint density at radius 2 is 2.25 bits per heavy atom. The smallest absolute Gasteiger partial charge is 0.275 e. The normalized spacial score (nSPS) is 11.3. The van der Waals surface area contributed by atoms with E-state index in [1.54, 1.807) is 10.6 Å². The fourth-order valence-electron chi connectivity index (χ4n) is 2.18. The zero-order chi connectivity index (χ0) is 14.3. The highest BCUT2D eigenvalue weighted by Crippen LogP contribution is 2.41. The molecule has 104 valence electrons. The van der Waals surface area contributed by atoms with Gasteiger partial charge in [-0.3, -0.25) is 4.79 Å². The Kier molecular flexibility index (Phi) is 3.55. The Morgan fingerprint density at radius 1 is 1.45 bits per heavy atom. The highest BCUT2D eigenvalue weighted by Gasteiger charge is 2.22. The molecule has 3 rings (SSSR count). The minimum atomic E-state index is -0.246. The lowest BCUT2D eigenvalue weighted by atomic mass is 10.3. The van der Waals surface area contributed by atoms with Gasteiger partial charge in [0.2, 0.25) is 0 Å². The first kappa shape index (κ1) is 13.6. The van der Waals surface area contributed by atoms with Crippen LogP contribution in [0, 0.1) is 0 Å². The molecule has 0 radical (unpaired) electrons. The third kappa shape index (κ3) is 1.96. The van der Waals surface area contributed by atoms with Gasteiger partial charge in [-0.1, -0.05) is 23.2 Å². The van der Waals surface area contributed by atoms with Crippen LogP contribution in [0.4, 0.5) is 0 Å². The van der Waals surface area contributed by atoms with Crippen LogP contribution < -0.4 is 11.3 Å². The minimum absolute atomic E-state index is 0.246. The number of fused-ring (bicyclic) bond motifs is 1. The van der Waals surface area contributed by atoms with Crippen molar-refractivity contribution in [2.24, 2.45) is 5.73 Å². The SMILES string of the molecule is NCCn1c(-c2sccc2Cl)c(Cl)c2nc[nH]c(=O)c21. The Morgan fingerprint density at radius 3 is 2.90 bits per heavy atom. The quantitative estimate of drug-likeness (QED) is 0.776.